The van der Waals surface area contributed by atoms with Crippen molar-refractivity contribution in [1.29, 1.82) is 0 Å². The van der Waals surface area contributed by atoms with E-state index in [2.05, 4.69) is 18.3 Å². The molecule has 0 saturated heterocycles. The molecule has 0 radical (unpaired) electrons. The molecule has 2 aromatic rings. The van der Waals surface area contributed by atoms with Gasteiger partial charge in [-0.1, -0.05) is 43.3 Å². The van der Waals surface area contributed by atoms with E-state index in [1.807, 2.05) is 24.3 Å². The lowest BCUT2D eigenvalue weighted by atomic mass is 10.0. The van der Waals surface area contributed by atoms with Crippen LogP contribution in [0.25, 0.3) is 0 Å². The van der Waals surface area contributed by atoms with Crippen molar-refractivity contribution in [2.45, 2.75) is 12.8 Å². The van der Waals surface area contributed by atoms with Gasteiger partial charge in [0.25, 0.3) is 5.91 Å². The zero-order valence-corrected chi connectivity index (χ0v) is 12.5. The lowest BCUT2D eigenvalue weighted by molar-refractivity contribution is -0.117. The summed E-state index contributed by atoms with van der Waals surface area (Å²) in [5, 5.41) is 2.69. The Morgan fingerprint density at radius 2 is 1.77 bits per heavy atom. The van der Waals surface area contributed by atoms with Gasteiger partial charge in [0.2, 0.25) is 5.91 Å². The van der Waals surface area contributed by atoms with Gasteiger partial charge in [-0.15, -0.1) is 0 Å². The second kappa shape index (κ2) is 6.02. The predicted molar refractivity (Wildman–Crippen MR) is 86.0 cm³/mol. The highest BCUT2D eigenvalue weighted by Crippen LogP contribution is 2.35. The van der Waals surface area contributed by atoms with Crippen LogP contribution in [0.5, 0.6) is 0 Å². The molecule has 2 amide bonds. The largest absolute Gasteiger partial charge is 0.343 e. The summed E-state index contributed by atoms with van der Waals surface area (Å²) in [5.41, 5.74) is 2.70. The third-order valence-corrected chi connectivity index (χ3v) is 3.95. The van der Waals surface area contributed by atoms with Gasteiger partial charge >= 0.3 is 0 Å². The van der Waals surface area contributed by atoms with Gasteiger partial charge in [0, 0.05) is 23.7 Å². The predicted octanol–water partition coefficient (Wildman–Crippen LogP) is 2.57. The van der Waals surface area contributed by atoms with Crippen LogP contribution in [0.2, 0.25) is 0 Å². The zero-order chi connectivity index (χ0) is 15.5. The maximum absolute atomic E-state index is 12.4. The Labute approximate surface area is 129 Å². The summed E-state index contributed by atoms with van der Waals surface area (Å²) in [4.78, 5) is 26.1. The summed E-state index contributed by atoms with van der Waals surface area (Å²) in [6.07, 6.45) is 0. The first-order valence-corrected chi connectivity index (χ1v) is 7.39. The van der Waals surface area contributed by atoms with Gasteiger partial charge in [0.1, 0.15) is 0 Å². The van der Waals surface area contributed by atoms with Gasteiger partial charge in [0.05, 0.1) is 6.54 Å². The molecule has 22 heavy (non-hydrogen) atoms. The van der Waals surface area contributed by atoms with Crippen LogP contribution in [-0.2, 0) is 4.79 Å². The van der Waals surface area contributed by atoms with Crippen LogP contribution in [0.3, 0.4) is 0 Å². The molecule has 1 unspecified atom stereocenters. The fraction of sp³-hybridized carbons (Fsp3) is 0.222. The lowest BCUT2D eigenvalue weighted by Gasteiger charge is -2.18. The molecule has 112 valence electrons. The average molecular weight is 294 g/mol. The number of carbonyl (C=O) groups excluding carboxylic acids is 2. The summed E-state index contributed by atoms with van der Waals surface area (Å²) >= 11 is 0. The molecular weight excluding hydrogens is 276 g/mol. The fourth-order valence-electron chi connectivity index (χ4n) is 2.80. The Balaban J connectivity index is 1.65. The molecule has 0 bridgehead atoms. The van der Waals surface area contributed by atoms with Crippen LogP contribution in [0.4, 0.5) is 5.69 Å². The maximum atomic E-state index is 12.4. The van der Waals surface area contributed by atoms with Crippen LogP contribution in [0, 0.1) is 0 Å². The molecule has 1 heterocycles. The first-order chi connectivity index (χ1) is 10.7. The van der Waals surface area contributed by atoms with Gasteiger partial charge in [-0.05, 0) is 23.8 Å². The molecule has 2 aromatic carbocycles. The van der Waals surface area contributed by atoms with E-state index in [9.17, 15) is 9.59 Å². The molecule has 0 aliphatic carbocycles. The van der Waals surface area contributed by atoms with Crippen molar-refractivity contribution in [3.05, 3.63) is 65.7 Å². The molecule has 1 atom stereocenters. The Morgan fingerprint density at radius 1 is 1.09 bits per heavy atom. The third kappa shape index (κ3) is 2.72. The molecule has 0 spiro atoms. The summed E-state index contributed by atoms with van der Waals surface area (Å²) in [7, 11) is 0. The number of carbonyl (C=O) groups is 2. The number of hydrogen-bond donors (Lipinski definition) is 1. The first-order valence-electron chi connectivity index (χ1n) is 7.39. The Hall–Kier alpha value is -2.62. The lowest BCUT2D eigenvalue weighted by Crippen LogP contribution is -2.39. The van der Waals surface area contributed by atoms with E-state index in [1.165, 1.54) is 5.56 Å². The van der Waals surface area contributed by atoms with Crippen molar-refractivity contribution in [1.82, 2.24) is 5.32 Å². The molecular formula is C18H18N2O2. The summed E-state index contributed by atoms with van der Waals surface area (Å²) in [5.74, 6) is 0.0144. The standard InChI is InChI=1S/C18H18N2O2/c1-13-12-20(16-10-6-5-9-15(13)16)17(21)11-19-18(22)14-7-3-2-4-8-14/h2-10,13H,11-12H2,1H3,(H,19,22). The molecule has 0 saturated carbocycles. The number of anilines is 1. The van der Waals surface area contributed by atoms with E-state index in [-0.39, 0.29) is 18.4 Å². The highest BCUT2D eigenvalue weighted by molar-refractivity contribution is 6.01. The fourth-order valence-corrected chi connectivity index (χ4v) is 2.80. The minimum atomic E-state index is -0.227. The van der Waals surface area contributed by atoms with Crippen molar-refractivity contribution in [2.24, 2.45) is 0 Å². The van der Waals surface area contributed by atoms with E-state index >= 15 is 0 Å². The molecule has 4 heteroatoms. The van der Waals surface area contributed by atoms with Crippen molar-refractivity contribution in [2.75, 3.05) is 18.0 Å². The summed E-state index contributed by atoms with van der Waals surface area (Å²) in [6, 6.07) is 16.8. The smallest absolute Gasteiger partial charge is 0.251 e. The third-order valence-electron chi connectivity index (χ3n) is 3.95. The highest BCUT2D eigenvalue weighted by atomic mass is 16.2. The minimum absolute atomic E-state index is 0.00871. The number of hydrogen-bond acceptors (Lipinski definition) is 2. The van der Waals surface area contributed by atoms with Crippen molar-refractivity contribution < 1.29 is 9.59 Å². The van der Waals surface area contributed by atoms with E-state index in [4.69, 9.17) is 0 Å². The summed E-state index contributed by atoms with van der Waals surface area (Å²) in [6.45, 7) is 2.78. The zero-order valence-electron chi connectivity index (χ0n) is 12.5. The van der Waals surface area contributed by atoms with E-state index in [1.54, 1.807) is 29.2 Å². The van der Waals surface area contributed by atoms with Gasteiger partial charge in [0.15, 0.2) is 0 Å². The molecule has 1 aliphatic rings. The normalized spacial score (nSPS) is 16.2. The van der Waals surface area contributed by atoms with Crippen molar-refractivity contribution in [3.8, 4) is 0 Å². The molecule has 0 fully saturated rings. The number of amides is 2. The first kappa shape index (κ1) is 14.3. The quantitative estimate of drug-likeness (QED) is 0.946. The molecule has 1 N–H and O–H groups in total. The minimum Gasteiger partial charge on any atom is -0.343 e. The Morgan fingerprint density at radius 3 is 2.55 bits per heavy atom. The van der Waals surface area contributed by atoms with Gasteiger partial charge in [-0.2, -0.15) is 0 Å². The molecule has 1 aliphatic heterocycles. The number of rotatable bonds is 3. The Bertz CT molecular complexity index is 697. The van der Waals surface area contributed by atoms with Crippen LogP contribution in [0.15, 0.2) is 54.6 Å². The van der Waals surface area contributed by atoms with Crippen LogP contribution < -0.4 is 10.2 Å². The van der Waals surface area contributed by atoms with Gasteiger partial charge in [-0.25, -0.2) is 0 Å². The number of benzene rings is 2. The van der Waals surface area contributed by atoms with Crippen molar-refractivity contribution in [3.63, 3.8) is 0 Å². The van der Waals surface area contributed by atoms with Gasteiger partial charge < -0.3 is 10.2 Å². The number of nitrogens with one attached hydrogen (secondary N) is 1. The average Bonchev–Trinajstić information content (AvgIpc) is 2.91. The second-order valence-electron chi connectivity index (χ2n) is 5.51. The van der Waals surface area contributed by atoms with E-state index in [0.29, 0.717) is 18.0 Å². The van der Waals surface area contributed by atoms with Crippen LogP contribution >= 0.6 is 0 Å². The number of para-hydroxylation sites is 1. The topological polar surface area (TPSA) is 49.4 Å². The second-order valence-corrected chi connectivity index (χ2v) is 5.51. The maximum Gasteiger partial charge on any atom is 0.251 e. The summed E-state index contributed by atoms with van der Waals surface area (Å²) < 4.78 is 0. The SMILES string of the molecule is CC1CN(C(=O)CNC(=O)c2ccccc2)c2ccccc21. The van der Waals surface area contributed by atoms with Crippen LogP contribution in [0.1, 0.15) is 28.8 Å². The van der Waals surface area contributed by atoms with Crippen molar-refractivity contribution >= 4 is 17.5 Å². The molecule has 3 rings (SSSR count). The highest BCUT2D eigenvalue weighted by Gasteiger charge is 2.29. The van der Waals surface area contributed by atoms with Crippen LogP contribution in [-0.4, -0.2) is 24.9 Å². The number of fused-ring (bicyclic) bond motifs is 1. The monoisotopic (exact) mass is 294 g/mol. The van der Waals surface area contributed by atoms with Gasteiger partial charge in [-0.3, -0.25) is 9.59 Å². The molecule has 4 nitrogen and oxygen atoms in total. The van der Waals surface area contributed by atoms with E-state index in [0.717, 1.165) is 5.69 Å². The van der Waals surface area contributed by atoms with E-state index < -0.39 is 0 Å². The Kier molecular flexibility index (Phi) is 3.92. The number of nitrogens with zero attached hydrogens (tertiary/aromatic N) is 1. The molecule has 0 aromatic heterocycles.